The highest BCUT2D eigenvalue weighted by Crippen LogP contribution is 2.22. The molecule has 0 bridgehead atoms. The predicted molar refractivity (Wildman–Crippen MR) is 118 cm³/mol. The minimum atomic E-state index is -0.435. The summed E-state index contributed by atoms with van der Waals surface area (Å²) in [5, 5.41) is 17.4. The standard InChI is InChI=1S/C20H18ClN7O3S/c1-2-31-18(29)13-32-19-23-22-17(27(19)15-6-4-3-5-7-15)12-26-20(30)28(25-24-26)16-10-8-14(21)9-11-16/h3-11H,2,12-13H2,1H3. The third-order valence-electron chi connectivity index (χ3n) is 4.34. The molecule has 4 rings (SSSR count). The van der Waals surface area contributed by atoms with Gasteiger partial charge in [0.05, 0.1) is 18.0 Å². The SMILES string of the molecule is CCOC(=O)CSc1nnc(Cn2nnn(-c3ccc(Cl)cc3)c2=O)n1-c1ccccc1. The van der Waals surface area contributed by atoms with E-state index in [0.29, 0.717) is 28.3 Å². The fourth-order valence-electron chi connectivity index (χ4n) is 2.91. The van der Waals surface area contributed by atoms with Crippen molar-refractivity contribution >= 4 is 29.3 Å². The van der Waals surface area contributed by atoms with Gasteiger partial charge in [0, 0.05) is 10.7 Å². The van der Waals surface area contributed by atoms with E-state index in [1.165, 1.54) is 21.1 Å². The van der Waals surface area contributed by atoms with Crippen LogP contribution in [0.15, 0.2) is 64.5 Å². The highest BCUT2D eigenvalue weighted by Gasteiger charge is 2.19. The lowest BCUT2D eigenvalue weighted by atomic mass is 10.3. The molecule has 0 unspecified atom stereocenters. The second-order valence-corrected chi connectivity index (χ2v) is 7.85. The number of tetrazole rings is 1. The number of carbonyl (C=O) groups is 1. The molecule has 0 N–H and O–H groups in total. The first-order valence-electron chi connectivity index (χ1n) is 9.63. The number of halogens is 1. The Bertz CT molecular complexity index is 1270. The molecule has 2 heterocycles. The van der Waals surface area contributed by atoms with Crippen molar-refractivity contribution in [2.75, 3.05) is 12.4 Å². The summed E-state index contributed by atoms with van der Waals surface area (Å²) in [5.41, 5.74) is 0.897. The second-order valence-electron chi connectivity index (χ2n) is 6.47. The number of rotatable bonds is 8. The van der Waals surface area contributed by atoms with E-state index in [-0.39, 0.29) is 18.3 Å². The Balaban J connectivity index is 1.65. The van der Waals surface area contributed by atoms with Crippen LogP contribution in [0.1, 0.15) is 12.7 Å². The van der Waals surface area contributed by atoms with Crippen molar-refractivity contribution in [1.29, 1.82) is 0 Å². The number of benzene rings is 2. The van der Waals surface area contributed by atoms with Gasteiger partial charge in [0.2, 0.25) is 0 Å². The monoisotopic (exact) mass is 471 g/mol. The van der Waals surface area contributed by atoms with E-state index in [1.54, 1.807) is 35.8 Å². The van der Waals surface area contributed by atoms with Crippen LogP contribution in [0.5, 0.6) is 0 Å². The maximum absolute atomic E-state index is 12.8. The molecule has 10 nitrogen and oxygen atoms in total. The van der Waals surface area contributed by atoms with Crippen LogP contribution in [0.25, 0.3) is 11.4 Å². The van der Waals surface area contributed by atoms with Gasteiger partial charge in [-0.05, 0) is 53.7 Å². The van der Waals surface area contributed by atoms with Gasteiger partial charge >= 0.3 is 11.7 Å². The lowest BCUT2D eigenvalue weighted by Crippen LogP contribution is -2.25. The number of carbonyl (C=O) groups excluding carboxylic acids is 1. The van der Waals surface area contributed by atoms with Crippen LogP contribution in [0.3, 0.4) is 0 Å². The molecule has 0 fully saturated rings. The van der Waals surface area contributed by atoms with Crippen LogP contribution in [0, 0.1) is 0 Å². The van der Waals surface area contributed by atoms with E-state index in [0.717, 1.165) is 5.69 Å². The molecule has 4 aromatic rings. The lowest BCUT2D eigenvalue weighted by Gasteiger charge is -2.09. The zero-order valence-corrected chi connectivity index (χ0v) is 18.5. The van der Waals surface area contributed by atoms with Gasteiger partial charge in [-0.1, -0.05) is 41.6 Å². The zero-order valence-electron chi connectivity index (χ0n) is 17.0. The Labute approximate surface area is 191 Å². The fraction of sp³-hybridized carbons (Fsp3) is 0.200. The Hall–Kier alpha value is -3.44. The number of hydrogen-bond donors (Lipinski definition) is 0. The van der Waals surface area contributed by atoms with Gasteiger partial charge in [0.1, 0.15) is 6.54 Å². The third-order valence-corrected chi connectivity index (χ3v) is 5.50. The van der Waals surface area contributed by atoms with E-state index in [4.69, 9.17) is 16.3 Å². The molecule has 0 aliphatic heterocycles. The molecule has 0 aliphatic carbocycles. The molecule has 0 amide bonds. The van der Waals surface area contributed by atoms with Crippen molar-refractivity contribution in [1.82, 2.24) is 34.6 Å². The van der Waals surface area contributed by atoms with Gasteiger partial charge in [0.15, 0.2) is 11.0 Å². The Kier molecular flexibility index (Phi) is 6.66. The number of ether oxygens (including phenoxy) is 1. The second kappa shape index (κ2) is 9.79. The summed E-state index contributed by atoms with van der Waals surface area (Å²) in [6, 6.07) is 16.1. The molecular weight excluding hydrogens is 454 g/mol. The summed E-state index contributed by atoms with van der Waals surface area (Å²) >= 11 is 7.12. The van der Waals surface area contributed by atoms with E-state index >= 15 is 0 Å². The number of esters is 1. The number of aromatic nitrogens is 7. The van der Waals surface area contributed by atoms with Gasteiger partial charge in [-0.2, -0.15) is 9.36 Å². The minimum Gasteiger partial charge on any atom is -0.465 e. The topological polar surface area (TPSA) is 110 Å². The van der Waals surface area contributed by atoms with Crippen LogP contribution in [-0.2, 0) is 16.1 Å². The lowest BCUT2D eigenvalue weighted by molar-refractivity contribution is -0.139. The average molecular weight is 472 g/mol. The van der Waals surface area contributed by atoms with Crippen LogP contribution < -0.4 is 5.69 Å². The molecule has 0 saturated heterocycles. The summed E-state index contributed by atoms with van der Waals surface area (Å²) in [5.74, 6) is 0.211. The number of hydrogen-bond acceptors (Lipinski definition) is 8. The fourth-order valence-corrected chi connectivity index (χ4v) is 3.81. The minimum absolute atomic E-state index is 0.0360. The maximum Gasteiger partial charge on any atom is 0.368 e. The maximum atomic E-state index is 12.8. The van der Waals surface area contributed by atoms with Crippen LogP contribution in [-0.4, -0.2) is 52.9 Å². The number of nitrogens with zero attached hydrogens (tertiary/aromatic N) is 7. The summed E-state index contributed by atoms with van der Waals surface area (Å²) in [4.78, 5) is 24.6. The molecule has 0 spiro atoms. The Morgan fingerprint density at radius 3 is 2.50 bits per heavy atom. The van der Waals surface area contributed by atoms with Crippen molar-refractivity contribution in [2.24, 2.45) is 0 Å². The number of para-hydroxylation sites is 1. The number of thioether (sulfide) groups is 1. The first-order chi connectivity index (χ1) is 15.6. The van der Waals surface area contributed by atoms with Crippen molar-refractivity contribution in [3.8, 4) is 11.4 Å². The van der Waals surface area contributed by atoms with E-state index in [9.17, 15) is 9.59 Å². The molecule has 2 aromatic carbocycles. The molecular formula is C20H18ClN7O3S. The van der Waals surface area contributed by atoms with Crippen LogP contribution in [0.4, 0.5) is 0 Å². The largest absolute Gasteiger partial charge is 0.465 e. The summed E-state index contributed by atoms with van der Waals surface area (Å²) in [7, 11) is 0. The highest BCUT2D eigenvalue weighted by molar-refractivity contribution is 7.99. The Morgan fingerprint density at radius 2 is 1.78 bits per heavy atom. The molecule has 2 aromatic heterocycles. The molecule has 12 heteroatoms. The first kappa shape index (κ1) is 21.8. The van der Waals surface area contributed by atoms with Crippen molar-refractivity contribution in [2.45, 2.75) is 18.6 Å². The van der Waals surface area contributed by atoms with E-state index < -0.39 is 5.69 Å². The normalized spacial score (nSPS) is 10.9. The Morgan fingerprint density at radius 1 is 1.03 bits per heavy atom. The predicted octanol–water partition coefficient (Wildman–Crippen LogP) is 2.37. The van der Waals surface area contributed by atoms with Crippen LogP contribution in [0.2, 0.25) is 5.02 Å². The van der Waals surface area contributed by atoms with Crippen molar-refractivity contribution < 1.29 is 9.53 Å². The molecule has 0 atom stereocenters. The highest BCUT2D eigenvalue weighted by atomic mass is 35.5. The van der Waals surface area contributed by atoms with Crippen molar-refractivity contribution in [3.05, 3.63) is 75.9 Å². The van der Waals surface area contributed by atoms with Crippen molar-refractivity contribution in [3.63, 3.8) is 0 Å². The van der Waals surface area contributed by atoms with Gasteiger partial charge in [0.25, 0.3) is 0 Å². The first-order valence-corrected chi connectivity index (χ1v) is 11.0. The molecule has 0 radical (unpaired) electrons. The summed E-state index contributed by atoms with van der Waals surface area (Å²) < 4.78 is 9.13. The average Bonchev–Trinajstić information content (AvgIpc) is 3.37. The summed E-state index contributed by atoms with van der Waals surface area (Å²) in [6.45, 7) is 2.10. The van der Waals surface area contributed by atoms with Gasteiger partial charge in [-0.3, -0.25) is 9.36 Å². The zero-order chi connectivity index (χ0) is 22.5. The van der Waals surface area contributed by atoms with E-state index in [2.05, 4.69) is 20.6 Å². The van der Waals surface area contributed by atoms with E-state index in [1.807, 2.05) is 30.3 Å². The van der Waals surface area contributed by atoms with Gasteiger partial charge < -0.3 is 4.74 Å². The quantitative estimate of drug-likeness (QED) is 0.284. The van der Waals surface area contributed by atoms with Gasteiger partial charge in [-0.15, -0.1) is 10.2 Å². The molecule has 0 aliphatic rings. The summed E-state index contributed by atoms with van der Waals surface area (Å²) in [6.07, 6.45) is 0. The third kappa shape index (κ3) is 4.73. The van der Waals surface area contributed by atoms with Gasteiger partial charge in [-0.25, -0.2) is 4.79 Å². The molecule has 32 heavy (non-hydrogen) atoms. The smallest absolute Gasteiger partial charge is 0.368 e. The van der Waals surface area contributed by atoms with Crippen LogP contribution >= 0.6 is 23.4 Å². The molecule has 0 saturated carbocycles. The molecule has 164 valence electrons.